The van der Waals surface area contributed by atoms with Gasteiger partial charge in [-0.2, -0.15) is 0 Å². The third-order valence-corrected chi connectivity index (χ3v) is 1.60. The average Bonchev–Trinajstić information content (AvgIpc) is 1.97. The van der Waals surface area contributed by atoms with E-state index in [1.165, 1.54) is 6.92 Å². The Morgan fingerprint density at radius 1 is 1.73 bits per heavy atom. The molecule has 1 atom stereocenters. The summed E-state index contributed by atoms with van der Waals surface area (Å²) in [6, 6.07) is 0. The van der Waals surface area contributed by atoms with Gasteiger partial charge in [-0.25, -0.2) is 0 Å². The molecule has 2 nitrogen and oxygen atoms in total. The molecule has 0 N–H and O–H groups in total. The summed E-state index contributed by atoms with van der Waals surface area (Å²) < 4.78 is 4.86. The Bertz CT molecular complexity index is 130. The predicted molar refractivity (Wildman–Crippen MR) is 45.2 cm³/mol. The molecule has 0 heterocycles. The highest BCUT2D eigenvalue weighted by molar-refractivity contribution is 5.65. The Morgan fingerprint density at radius 3 is 2.73 bits per heavy atom. The van der Waals surface area contributed by atoms with Crippen LogP contribution in [-0.2, 0) is 9.53 Å². The van der Waals surface area contributed by atoms with Crippen molar-refractivity contribution in [2.75, 3.05) is 6.61 Å². The van der Waals surface area contributed by atoms with Crippen molar-refractivity contribution in [3.05, 3.63) is 12.7 Å². The van der Waals surface area contributed by atoms with Crippen molar-refractivity contribution >= 4 is 5.97 Å². The number of carbonyl (C=O) groups excluding carboxylic acids is 1. The second kappa shape index (κ2) is 5.96. The summed E-state index contributed by atoms with van der Waals surface area (Å²) in [5.74, 6) is 0.240. The molecule has 0 bridgehead atoms. The molecule has 0 amide bonds. The number of allylic oxidation sites excluding steroid dienone is 1. The van der Waals surface area contributed by atoms with E-state index >= 15 is 0 Å². The third-order valence-electron chi connectivity index (χ3n) is 1.60. The molecule has 2 heteroatoms. The van der Waals surface area contributed by atoms with Crippen LogP contribution in [0.2, 0.25) is 0 Å². The second-order valence-electron chi connectivity index (χ2n) is 2.60. The van der Waals surface area contributed by atoms with Gasteiger partial charge in [0.15, 0.2) is 0 Å². The molecule has 0 aromatic rings. The van der Waals surface area contributed by atoms with Gasteiger partial charge < -0.3 is 4.74 Å². The zero-order valence-electron chi connectivity index (χ0n) is 7.30. The van der Waals surface area contributed by atoms with Crippen LogP contribution in [0.3, 0.4) is 0 Å². The van der Waals surface area contributed by atoms with E-state index in [1.807, 2.05) is 6.08 Å². The SMILES string of the molecule is C=CCC(CC)COC(C)=O. The topological polar surface area (TPSA) is 26.3 Å². The number of rotatable bonds is 5. The Kier molecular flexibility index (Phi) is 5.53. The molecule has 0 saturated heterocycles. The van der Waals surface area contributed by atoms with E-state index in [4.69, 9.17) is 4.74 Å². The van der Waals surface area contributed by atoms with Crippen molar-refractivity contribution in [3.63, 3.8) is 0 Å². The Balaban J connectivity index is 3.51. The lowest BCUT2D eigenvalue weighted by molar-refractivity contribution is -0.142. The maximum absolute atomic E-state index is 10.4. The van der Waals surface area contributed by atoms with Crippen molar-refractivity contribution in [2.45, 2.75) is 26.7 Å². The molecule has 0 spiro atoms. The van der Waals surface area contributed by atoms with E-state index in [1.54, 1.807) is 0 Å². The first kappa shape index (κ1) is 10.2. The first-order chi connectivity index (χ1) is 5.20. The predicted octanol–water partition coefficient (Wildman–Crippen LogP) is 2.15. The zero-order chi connectivity index (χ0) is 8.69. The van der Waals surface area contributed by atoms with Crippen LogP contribution >= 0.6 is 0 Å². The summed E-state index contributed by atoms with van der Waals surface area (Å²) in [5, 5.41) is 0. The summed E-state index contributed by atoms with van der Waals surface area (Å²) in [5.41, 5.74) is 0. The van der Waals surface area contributed by atoms with Crippen molar-refractivity contribution < 1.29 is 9.53 Å². The summed E-state index contributed by atoms with van der Waals surface area (Å²) in [6.07, 6.45) is 3.81. The number of hydrogen-bond donors (Lipinski definition) is 0. The molecule has 0 aliphatic carbocycles. The van der Waals surface area contributed by atoms with Crippen LogP contribution in [0, 0.1) is 5.92 Å². The molecule has 0 aliphatic heterocycles. The van der Waals surface area contributed by atoms with Gasteiger partial charge in [0.05, 0.1) is 6.61 Å². The van der Waals surface area contributed by atoms with Crippen LogP contribution < -0.4 is 0 Å². The lowest BCUT2D eigenvalue weighted by Gasteiger charge is -2.11. The lowest BCUT2D eigenvalue weighted by Crippen LogP contribution is -2.10. The number of hydrogen-bond acceptors (Lipinski definition) is 2. The maximum Gasteiger partial charge on any atom is 0.302 e. The maximum atomic E-state index is 10.4. The fraction of sp³-hybridized carbons (Fsp3) is 0.667. The Hall–Kier alpha value is -0.790. The van der Waals surface area contributed by atoms with Gasteiger partial charge in [-0.15, -0.1) is 6.58 Å². The highest BCUT2D eigenvalue weighted by atomic mass is 16.5. The Labute approximate surface area is 68.2 Å². The summed E-state index contributed by atoms with van der Waals surface area (Å²) >= 11 is 0. The third kappa shape index (κ3) is 5.64. The minimum Gasteiger partial charge on any atom is -0.466 e. The van der Waals surface area contributed by atoms with Crippen LogP contribution in [0.1, 0.15) is 26.7 Å². The highest BCUT2D eigenvalue weighted by Crippen LogP contribution is 2.08. The molecule has 0 aliphatic rings. The largest absolute Gasteiger partial charge is 0.466 e. The van der Waals surface area contributed by atoms with E-state index < -0.39 is 0 Å². The molecule has 11 heavy (non-hydrogen) atoms. The van der Waals surface area contributed by atoms with Gasteiger partial charge in [0.25, 0.3) is 0 Å². The van der Waals surface area contributed by atoms with Gasteiger partial charge >= 0.3 is 5.97 Å². The number of carbonyl (C=O) groups is 1. The lowest BCUT2D eigenvalue weighted by atomic mass is 10.0. The Morgan fingerprint density at radius 2 is 2.36 bits per heavy atom. The molecule has 0 saturated carbocycles. The monoisotopic (exact) mass is 156 g/mol. The summed E-state index contributed by atoms with van der Waals surface area (Å²) in [4.78, 5) is 10.4. The van der Waals surface area contributed by atoms with E-state index in [-0.39, 0.29) is 5.97 Å². The molecule has 0 aromatic carbocycles. The number of ether oxygens (including phenoxy) is 1. The second-order valence-corrected chi connectivity index (χ2v) is 2.60. The molecule has 0 radical (unpaired) electrons. The molecular weight excluding hydrogens is 140 g/mol. The molecule has 0 fully saturated rings. The zero-order valence-corrected chi connectivity index (χ0v) is 7.30. The summed E-state index contributed by atoms with van der Waals surface area (Å²) in [7, 11) is 0. The highest BCUT2D eigenvalue weighted by Gasteiger charge is 2.04. The van der Waals surface area contributed by atoms with Gasteiger partial charge in [-0.1, -0.05) is 13.0 Å². The van der Waals surface area contributed by atoms with Crippen LogP contribution in [-0.4, -0.2) is 12.6 Å². The van der Waals surface area contributed by atoms with Crippen molar-refractivity contribution in [3.8, 4) is 0 Å². The molecule has 64 valence electrons. The minimum absolute atomic E-state index is 0.201. The first-order valence-electron chi connectivity index (χ1n) is 3.95. The van der Waals surface area contributed by atoms with E-state index in [0.29, 0.717) is 12.5 Å². The number of esters is 1. The van der Waals surface area contributed by atoms with Gasteiger partial charge in [-0.3, -0.25) is 4.79 Å². The van der Waals surface area contributed by atoms with Crippen LogP contribution in [0.15, 0.2) is 12.7 Å². The van der Waals surface area contributed by atoms with Gasteiger partial charge in [0.1, 0.15) is 0 Å². The molecule has 0 rings (SSSR count). The molecular formula is C9H16O2. The first-order valence-corrected chi connectivity index (χ1v) is 3.95. The van der Waals surface area contributed by atoms with E-state index in [0.717, 1.165) is 12.8 Å². The summed E-state index contributed by atoms with van der Waals surface area (Å²) in [6.45, 7) is 7.67. The fourth-order valence-corrected chi connectivity index (χ4v) is 0.823. The van der Waals surface area contributed by atoms with Crippen LogP contribution in [0.25, 0.3) is 0 Å². The van der Waals surface area contributed by atoms with Crippen molar-refractivity contribution in [1.29, 1.82) is 0 Å². The van der Waals surface area contributed by atoms with E-state index in [9.17, 15) is 4.79 Å². The fourth-order valence-electron chi connectivity index (χ4n) is 0.823. The smallest absolute Gasteiger partial charge is 0.302 e. The van der Waals surface area contributed by atoms with Gasteiger partial charge in [-0.05, 0) is 18.8 Å². The van der Waals surface area contributed by atoms with Crippen LogP contribution in [0.5, 0.6) is 0 Å². The normalized spacial score (nSPS) is 12.2. The minimum atomic E-state index is -0.201. The molecule has 1 unspecified atom stereocenters. The van der Waals surface area contributed by atoms with E-state index in [2.05, 4.69) is 13.5 Å². The van der Waals surface area contributed by atoms with Crippen LogP contribution in [0.4, 0.5) is 0 Å². The quantitative estimate of drug-likeness (QED) is 0.450. The standard InChI is InChI=1S/C9H16O2/c1-4-6-9(5-2)7-11-8(3)10/h4,9H,1,5-7H2,2-3H3. The van der Waals surface area contributed by atoms with Crippen molar-refractivity contribution in [2.24, 2.45) is 5.92 Å². The van der Waals surface area contributed by atoms with Gasteiger partial charge in [0, 0.05) is 6.92 Å². The van der Waals surface area contributed by atoms with Gasteiger partial charge in [0.2, 0.25) is 0 Å². The molecule has 0 aromatic heterocycles. The van der Waals surface area contributed by atoms with Crippen molar-refractivity contribution in [1.82, 2.24) is 0 Å². The average molecular weight is 156 g/mol.